The molecule has 25 heavy (non-hydrogen) atoms. The van der Waals surface area contributed by atoms with Crippen molar-refractivity contribution in [2.45, 2.75) is 32.7 Å². The van der Waals surface area contributed by atoms with Gasteiger partial charge in [0, 0.05) is 44.5 Å². The van der Waals surface area contributed by atoms with E-state index in [1.165, 1.54) is 0 Å². The van der Waals surface area contributed by atoms with E-state index in [0.29, 0.717) is 19.0 Å². The Morgan fingerprint density at radius 1 is 1.12 bits per heavy atom. The van der Waals surface area contributed by atoms with Crippen LogP contribution in [0.5, 0.6) is 0 Å². The fraction of sp³-hybridized carbons (Fsp3) is 0.474. The largest absolute Gasteiger partial charge is 0.367 e. The summed E-state index contributed by atoms with van der Waals surface area (Å²) >= 11 is 6.29. The minimum absolute atomic E-state index is 0.152. The predicted molar refractivity (Wildman–Crippen MR) is 101 cm³/mol. The summed E-state index contributed by atoms with van der Waals surface area (Å²) in [5, 5.41) is 0.760. The molecule has 2 aromatic rings. The molecular weight excluding hydrogens is 336 g/mol. The summed E-state index contributed by atoms with van der Waals surface area (Å²) in [4.78, 5) is 21.5. The average Bonchev–Trinajstić information content (AvgIpc) is 3.11. The molecule has 1 atom stereocenters. The van der Waals surface area contributed by atoms with Gasteiger partial charge in [-0.25, -0.2) is 4.98 Å². The van der Waals surface area contributed by atoms with Gasteiger partial charge < -0.3 is 14.4 Å². The predicted octanol–water partition coefficient (Wildman–Crippen LogP) is 3.57. The van der Waals surface area contributed by atoms with Crippen molar-refractivity contribution in [3.05, 3.63) is 47.5 Å². The van der Waals surface area contributed by atoms with E-state index in [0.717, 1.165) is 29.6 Å². The Hall–Kier alpha value is -2.01. The molecule has 6 heteroatoms. The van der Waals surface area contributed by atoms with Gasteiger partial charge in [-0.05, 0) is 19.1 Å². The fourth-order valence-electron chi connectivity index (χ4n) is 3.36. The Labute approximate surface area is 154 Å². The molecule has 1 aromatic carbocycles. The van der Waals surface area contributed by atoms with Crippen molar-refractivity contribution in [1.82, 2.24) is 14.5 Å². The van der Waals surface area contributed by atoms with Crippen LogP contribution >= 0.6 is 11.6 Å². The highest BCUT2D eigenvalue weighted by molar-refractivity contribution is 6.33. The lowest BCUT2D eigenvalue weighted by Gasteiger charge is -2.37. The number of piperazine rings is 1. The van der Waals surface area contributed by atoms with Gasteiger partial charge in [-0.3, -0.25) is 4.79 Å². The van der Waals surface area contributed by atoms with Gasteiger partial charge in [-0.15, -0.1) is 0 Å². The summed E-state index contributed by atoms with van der Waals surface area (Å²) in [6, 6.07) is 7.64. The molecule has 1 saturated heterocycles. The Morgan fingerprint density at radius 2 is 1.80 bits per heavy atom. The molecule has 3 rings (SSSR count). The topological polar surface area (TPSA) is 41.4 Å². The van der Waals surface area contributed by atoms with Crippen LogP contribution in [0.25, 0.3) is 0 Å². The van der Waals surface area contributed by atoms with Gasteiger partial charge in [0.25, 0.3) is 0 Å². The zero-order valence-electron chi connectivity index (χ0n) is 15.0. The summed E-state index contributed by atoms with van der Waals surface area (Å²) in [7, 11) is 0. The number of aromatic nitrogens is 2. The Morgan fingerprint density at radius 3 is 2.44 bits per heavy atom. The third kappa shape index (κ3) is 3.66. The van der Waals surface area contributed by atoms with Gasteiger partial charge in [0.05, 0.1) is 10.7 Å². The third-order valence-electron chi connectivity index (χ3n) is 4.77. The van der Waals surface area contributed by atoms with Crippen molar-refractivity contribution >= 4 is 23.2 Å². The highest BCUT2D eigenvalue weighted by Gasteiger charge is 2.27. The molecule has 0 saturated carbocycles. The molecule has 1 amide bonds. The Balaban J connectivity index is 1.65. The summed E-state index contributed by atoms with van der Waals surface area (Å²) in [5.41, 5.74) is 1.04. The summed E-state index contributed by atoms with van der Waals surface area (Å²) < 4.78 is 1.99. The molecule has 5 nitrogen and oxygen atoms in total. The number of anilines is 1. The van der Waals surface area contributed by atoms with Crippen LogP contribution in [0, 0.1) is 0 Å². The molecule has 1 aliphatic rings. The molecule has 0 spiro atoms. The quantitative estimate of drug-likeness (QED) is 0.837. The van der Waals surface area contributed by atoms with E-state index in [1.54, 1.807) is 6.20 Å². The number of hydrogen-bond donors (Lipinski definition) is 0. The van der Waals surface area contributed by atoms with E-state index < -0.39 is 0 Å². The summed E-state index contributed by atoms with van der Waals surface area (Å²) in [6.45, 7) is 9.15. The van der Waals surface area contributed by atoms with Crippen LogP contribution in [0.15, 0.2) is 36.7 Å². The maximum absolute atomic E-state index is 12.9. The molecule has 0 N–H and O–H groups in total. The van der Waals surface area contributed by atoms with E-state index in [9.17, 15) is 4.79 Å². The number of imidazole rings is 1. The summed E-state index contributed by atoms with van der Waals surface area (Å²) in [6.07, 6.45) is 3.67. The van der Waals surface area contributed by atoms with Crippen LogP contribution in [0.1, 0.15) is 38.6 Å². The van der Waals surface area contributed by atoms with Crippen molar-refractivity contribution < 1.29 is 4.79 Å². The van der Waals surface area contributed by atoms with Crippen molar-refractivity contribution in [2.24, 2.45) is 0 Å². The van der Waals surface area contributed by atoms with Crippen LogP contribution in [-0.2, 0) is 4.79 Å². The van der Waals surface area contributed by atoms with E-state index >= 15 is 0 Å². The highest BCUT2D eigenvalue weighted by atomic mass is 35.5. The van der Waals surface area contributed by atoms with Crippen molar-refractivity contribution in [3.8, 4) is 0 Å². The molecule has 1 aliphatic heterocycles. The standard InChI is InChI=1S/C19H25ClN4O/c1-14(2)18-21-8-9-24(18)15(3)19(25)23-12-10-22(11-13-23)17-7-5-4-6-16(17)20/h4-9,14-15H,10-13H2,1-3H3/t15-/m1/s1. The molecule has 134 valence electrons. The van der Waals surface area contributed by atoms with Crippen molar-refractivity contribution in [1.29, 1.82) is 0 Å². The summed E-state index contributed by atoms with van der Waals surface area (Å²) in [5.74, 6) is 1.40. The smallest absolute Gasteiger partial charge is 0.245 e. The van der Waals surface area contributed by atoms with Crippen LogP contribution in [0.2, 0.25) is 5.02 Å². The molecule has 0 radical (unpaired) electrons. The van der Waals surface area contributed by atoms with Gasteiger partial charge in [0.15, 0.2) is 0 Å². The lowest BCUT2D eigenvalue weighted by molar-refractivity contribution is -0.134. The molecule has 0 aliphatic carbocycles. The van der Waals surface area contributed by atoms with Gasteiger partial charge in [-0.1, -0.05) is 37.6 Å². The molecule has 1 aromatic heterocycles. The lowest BCUT2D eigenvalue weighted by atomic mass is 10.1. The molecule has 1 fully saturated rings. The van der Waals surface area contributed by atoms with Crippen LogP contribution in [-0.4, -0.2) is 46.5 Å². The maximum Gasteiger partial charge on any atom is 0.245 e. The van der Waals surface area contributed by atoms with Crippen LogP contribution in [0.3, 0.4) is 0 Å². The van der Waals surface area contributed by atoms with Crippen LogP contribution in [0.4, 0.5) is 5.69 Å². The van der Waals surface area contributed by atoms with Crippen molar-refractivity contribution in [2.75, 3.05) is 31.1 Å². The fourth-order valence-corrected chi connectivity index (χ4v) is 3.61. The SMILES string of the molecule is CC(C)c1nccn1[C@H](C)C(=O)N1CCN(c2ccccc2Cl)CC1. The average molecular weight is 361 g/mol. The zero-order chi connectivity index (χ0) is 18.0. The first-order chi connectivity index (χ1) is 12.0. The zero-order valence-corrected chi connectivity index (χ0v) is 15.8. The second kappa shape index (κ2) is 7.48. The first-order valence-corrected chi connectivity index (χ1v) is 9.18. The van der Waals surface area contributed by atoms with E-state index in [2.05, 4.69) is 23.7 Å². The maximum atomic E-state index is 12.9. The van der Waals surface area contributed by atoms with Gasteiger partial charge in [-0.2, -0.15) is 0 Å². The number of para-hydroxylation sites is 1. The molecule has 0 unspecified atom stereocenters. The number of nitrogens with zero attached hydrogens (tertiary/aromatic N) is 4. The number of rotatable bonds is 4. The van der Waals surface area contributed by atoms with Gasteiger partial charge in [0.2, 0.25) is 5.91 Å². The molecule has 0 bridgehead atoms. The van der Waals surface area contributed by atoms with E-state index in [4.69, 9.17) is 11.6 Å². The highest BCUT2D eigenvalue weighted by Crippen LogP contribution is 2.26. The monoisotopic (exact) mass is 360 g/mol. The second-order valence-electron chi connectivity index (χ2n) is 6.79. The number of carbonyl (C=O) groups is 1. The molecule has 2 heterocycles. The van der Waals surface area contributed by atoms with Gasteiger partial charge in [0.1, 0.15) is 11.9 Å². The minimum Gasteiger partial charge on any atom is -0.367 e. The Kier molecular flexibility index (Phi) is 5.33. The van der Waals surface area contributed by atoms with Gasteiger partial charge >= 0.3 is 0 Å². The first kappa shape index (κ1) is 17.8. The number of benzene rings is 1. The number of hydrogen-bond acceptors (Lipinski definition) is 3. The second-order valence-corrected chi connectivity index (χ2v) is 7.19. The number of halogens is 1. The minimum atomic E-state index is -0.230. The number of amides is 1. The number of carbonyl (C=O) groups excluding carboxylic acids is 1. The first-order valence-electron chi connectivity index (χ1n) is 8.80. The van der Waals surface area contributed by atoms with Crippen molar-refractivity contribution in [3.63, 3.8) is 0 Å². The Bertz CT molecular complexity index is 735. The van der Waals surface area contributed by atoms with Crippen LogP contribution < -0.4 is 4.90 Å². The normalized spacial score (nSPS) is 16.4. The third-order valence-corrected chi connectivity index (χ3v) is 5.09. The van der Waals surface area contributed by atoms with E-state index in [-0.39, 0.29) is 11.9 Å². The lowest BCUT2D eigenvalue weighted by Crippen LogP contribution is -2.50. The molecular formula is C19H25ClN4O. The van der Waals surface area contributed by atoms with E-state index in [1.807, 2.05) is 46.9 Å².